The molecule has 0 aliphatic heterocycles. The number of fused-ring (bicyclic) bond motifs is 1. The first-order chi connectivity index (χ1) is 12.5. The Hall–Kier alpha value is -3.36. The maximum atomic E-state index is 12.3. The van der Waals surface area contributed by atoms with Crippen LogP contribution in [0.4, 0.5) is 21.0 Å². The monoisotopic (exact) mass is 360 g/mol. The normalized spacial score (nSPS) is 10.1. The van der Waals surface area contributed by atoms with E-state index in [4.69, 9.17) is 9.47 Å². The van der Waals surface area contributed by atoms with Crippen LogP contribution in [0.1, 0.15) is 20.8 Å². The summed E-state index contributed by atoms with van der Waals surface area (Å²) >= 11 is 0. The highest BCUT2D eigenvalue weighted by Gasteiger charge is 2.23. The number of rotatable bonds is 4. The predicted octanol–water partition coefficient (Wildman–Crippen LogP) is 2.82. The molecule has 0 aliphatic carbocycles. The molecular formula is C17H20N4O5. The zero-order valence-corrected chi connectivity index (χ0v) is 14.7. The van der Waals surface area contributed by atoms with Crippen LogP contribution in [-0.4, -0.2) is 36.3 Å². The largest absolute Gasteiger partial charge is 0.449 e. The second-order valence-corrected chi connectivity index (χ2v) is 5.08. The van der Waals surface area contributed by atoms with Crippen molar-refractivity contribution in [2.75, 3.05) is 23.5 Å². The molecule has 0 atom stereocenters. The second kappa shape index (κ2) is 8.65. The molecule has 2 rings (SSSR count). The number of nitrogens with zero attached hydrogens (tertiary/aromatic N) is 2. The first kappa shape index (κ1) is 19.0. The van der Waals surface area contributed by atoms with Gasteiger partial charge in [0.25, 0.3) is 0 Å². The first-order valence-corrected chi connectivity index (χ1v) is 8.03. The number of amides is 3. The number of aromatic nitrogens is 1. The fourth-order valence-electron chi connectivity index (χ4n) is 2.29. The van der Waals surface area contributed by atoms with E-state index in [-0.39, 0.29) is 19.1 Å². The first-order valence-electron chi connectivity index (χ1n) is 8.03. The van der Waals surface area contributed by atoms with E-state index in [1.54, 1.807) is 44.3 Å². The number of benzene rings is 1. The summed E-state index contributed by atoms with van der Waals surface area (Å²) in [5.74, 6) is -0.253. The summed E-state index contributed by atoms with van der Waals surface area (Å²) in [5, 5.41) is 4.16. The molecule has 138 valence electrons. The van der Waals surface area contributed by atoms with Gasteiger partial charge in [-0.05, 0) is 38.1 Å². The number of hydrogen-bond donors (Lipinski definition) is 2. The molecule has 0 fully saturated rings. The number of carbonyl (C=O) groups is 3. The van der Waals surface area contributed by atoms with Crippen LogP contribution < -0.4 is 15.8 Å². The molecule has 0 saturated carbocycles. The van der Waals surface area contributed by atoms with E-state index in [0.717, 1.165) is 5.01 Å². The minimum Gasteiger partial charge on any atom is -0.449 e. The van der Waals surface area contributed by atoms with Crippen LogP contribution in [0.15, 0.2) is 30.5 Å². The maximum Gasteiger partial charge on any atom is 0.433 e. The number of carbonyl (C=O) groups excluding carboxylic acids is 3. The average molecular weight is 360 g/mol. The number of hydrogen-bond acceptors (Lipinski definition) is 6. The Labute approximate surface area is 150 Å². The van der Waals surface area contributed by atoms with Gasteiger partial charge in [0.15, 0.2) is 0 Å². The molecule has 9 nitrogen and oxygen atoms in total. The van der Waals surface area contributed by atoms with E-state index in [9.17, 15) is 14.4 Å². The molecule has 0 bridgehead atoms. The van der Waals surface area contributed by atoms with Crippen LogP contribution in [0.2, 0.25) is 0 Å². The predicted molar refractivity (Wildman–Crippen MR) is 95.7 cm³/mol. The van der Waals surface area contributed by atoms with Crippen molar-refractivity contribution in [3.05, 3.63) is 30.5 Å². The highest BCUT2D eigenvalue weighted by Crippen LogP contribution is 2.30. The van der Waals surface area contributed by atoms with E-state index in [1.807, 2.05) is 0 Å². The zero-order valence-electron chi connectivity index (χ0n) is 14.7. The van der Waals surface area contributed by atoms with E-state index >= 15 is 0 Å². The van der Waals surface area contributed by atoms with Gasteiger partial charge in [-0.1, -0.05) is 0 Å². The summed E-state index contributed by atoms with van der Waals surface area (Å²) in [5.41, 5.74) is 3.62. The Morgan fingerprint density at radius 2 is 1.85 bits per heavy atom. The molecule has 1 aromatic carbocycles. The van der Waals surface area contributed by atoms with Gasteiger partial charge in [-0.2, -0.15) is 5.01 Å². The summed E-state index contributed by atoms with van der Waals surface area (Å²) in [6.07, 6.45) is -0.0215. The fraction of sp³-hybridized carbons (Fsp3) is 0.294. The van der Waals surface area contributed by atoms with Gasteiger partial charge in [0.05, 0.1) is 30.1 Å². The fourth-order valence-corrected chi connectivity index (χ4v) is 2.29. The molecule has 26 heavy (non-hydrogen) atoms. The lowest BCUT2D eigenvalue weighted by molar-refractivity contribution is -0.114. The average Bonchev–Trinajstić information content (AvgIpc) is 2.60. The molecule has 2 N–H and O–H groups in total. The Kier molecular flexibility index (Phi) is 6.31. The Morgan fingerprint density at radius 3 is 2.50 bits per heavy atom. The third-order valence-corrected chi connectivity index (χ3v) is 3.23. The van der Waals surface area contributed by atoms with Gasteiger partial charge in [-0.3, -0.25) is 9.78 Å². The summed E-state index contributed by atoms with van der Waals surface area (Å²) in [4.78, 5) is 39.8. The molecule has 0 saturated heterocycles. The minimum atomic E-state index is -0.802. The van der Waals surface area contributed by atoms with Gasteiger partial charge < -0.3 is 14.8 Å². The molecule has 3 amide bonds. The van der Waals surface area contributed by atoms with E-state index in [0.29, 0.717) is 22.3 Å². The number of nitrogens with one attached hydrogen (secondary N) is 2. The van der Waals surface area contributed by atoms with Crippen molar-refractivity contribution in [3.8, 4) is 0 Å². The van der Waals surface area contributed by atoms with E-state index in [2.05, 4.69) is 15.7 Å². The maximum absolute atomic E-state index is 12.3. The second-order valence-electron chi connectivity index (χ2n) is 5.08. The minimum absolute atomic E-state index is 0.125. The lowest BCUT2D eigenvalue weighted by atomic mass is 10.1. The van der Waals surface area contributed by atoms with Crippen molar-refractivity contribution in [1.29, 1.82) is 0 Å². The van der Waals surface area contributed by atoms with Crippen LogP contribution in [-0.2, 0) is 14.3 Å². The van der Waals surface area contributed by atoms with Crippen LogP contribution in [0.25, 0.3) is 10.9 Å². The molecule has 0 aliphatic rings. The van der Waals surface area contributed by atoms with Gasteiger partial charge in [-0.25, -0.2) is 15.0 Å². The zero-order chi connectivity index (χ0) is 19.1. The van der Waals surface area contributed by atoms with Crippen molar-refractivity contribution in [2.24, 2.45) is 0 Å². The summed E-state index contributed by atoms with van der Waals surface area (Å²) in [6, 6.07) is 6.54. The molecular weight excluding hydrogens is 340 g/mol. The quantitative estimate of drug-likeness (QED) is 0.811. The number of anilines is 2. The van der Waals surface area contributed by atoms with Gasteiger partial charge in [0.1, 0.15) is 0 Å². The topological polar surface area (TPSA) is 110 Å². The number of pyridine rings is 1. The van der Waals surface area contributed by atoms with Gasteiger partial charge in [-0.15, -0.1) is 0 Å². The Bertz CT molecular complexity index is 824. The van der Waals surface area contributed by atoms with Crippen molar-refractivity contribution in [3.63, 3.8) is 0 Å². The third kappa shape index (κ3) is 4.38. The lowest BCUT2D eigenvalue weighted by Crippen LogP contribution is -2.47. The van der Waals surface area contributed by atoms with Crippen LogP contribution in [0.3, 0.4) is 0 Å². The van der Waals surface area contributed by atoms with E-state index in [1.165, 1.54) is 6.92 Å². The van der Waals surface area contributed by atoms with Gasteiger partial charge >= 0.3 is 12.2 Å². The van der Waals surface area contributed by atoms with Crippen molar-refractivity contribution >= 4 is 40.4 Å². The molecule has 1 aromatic heterocycles. The van der Waals surface area contributed by atoms with E-state index < -0.39 is 12.2 Å². The SMILES string of the molecule is CCOC(=O)NN(C(=O)OCC)c1ccc(NC(C)=O)c2ncccc12. The third-order valence-electron chi connectivity index (χ3n) is 3.23. The molecule has 9 heteroatoms. The lowest BCUT2D eigenvalue weighted by Gasteiger charge is -2.23. The van der Waals surface area contributed by atoms with Crippen molar-refractivity contribution in [2.45, 2.75) is 20.8 Å². The van der Waals surface area contributed by atoms with Gasteiger partial charge in [0, 0.05) is 18.5 Å². The molecule has 0 spiro atoms. The van der Waals surface area contributed by atoms with Crippen LogP contribution in [0, 0.1) is 0 Å². The van der Waals surface area contributed by atoms with Crippen LogP contribution in [0.5, 0.6) is 0 Å². The van der Waals surface area contributed by atoms with Crippen molar-refractivity contribution < 1.29 is 23.9 Å². The summed E-state index contributed by atoms with van der Waals surface area (Å²) < 4.78 is 9.85. The Morgan fingerprint density at radius 1 is 1.12 bits per heavy atom. The van der Waals surface area contributed by atoms with Crippen molar-refractivity contribution in [1.82, 2.24) is 10.4 Å². The van der Waals surface area contributed by atoms with Crippen LogP contribution >= 0.6 is 0 Å². The highest BCUT2D eigenvalue weighted by molar-refractivity contribution is 6.07. The Balaban J connectivity index is 2.53. The number of hydrazine groups is 1. The number of ether oxygens (including phenoxy) is 2. The highest BCUT2D eigenvalue weighted by atomic mass is 16.6. The summed E-state index contributed by atoms with van der Waals surface area (Å²) in [7, 11) is 0. The molecule has 2 aromatic rings. The smallest absolute Gasteiger partial charge is 0.433 e. The summed E-state index contributed by atoms with van der Waals surface area (Å²) in [6.45, 7) is 4.96. The van der Waals surface area contributed by atoms with Gasteiger partial charge in [0.2, 0.25) is 5.91 Å². The molecule has 1 heterocycles. The standard InChI is InChI=1S/C17H20N4O5/c1-4-25-16(23)20-21(17(24)26-5-2)14-9-8-13(19-11(3)22)15-12(14)7-6-10-18-15/h6-10H,4-5H2,1-3H3,(H,19,22)(H,20,23). The molecule has 0 unspecified atom stereocenters. The molecule has 0 radical (unpaired) electrons.